The zero-order chi connectivity index (χ0) is 27.2. The number of allylic oxidation sites excluding steroid dienone is 2. The van der Waals surface area contributed by atoms with Crippen LogP contribution in [-0.2, 0) is 0 Å². The van der Waals surface area contributed by atoms with Crippen LogP contribution in [0.25, 0.3) is 17.0 Å². The summed E-state index contributed by atoms with van der Waals surface area (Å²) in [6.07, 6.45) is 3.79. The summed E-state index contributed by atoms with van der Waals surface area (Å²) < 4.78 is 5.89. The lowest BCUT2D eigenvalue weighted by Crippen LogP contribution is -2.72. The molecular weight excluding hydrogens is 498 g/mol. The standard InChI is InChI=1S/C30H40ClN5O2/c1-6-7-22(37)13-38-23-10-11-25(31)24(12-23)28-33-27(26(18(2)3)20(5)32)19(4)29(34-28)36-16-30(17-36)14-35(15-30)21-8-9-21/h10-12,21-22,32,37H,6-9,13-17H2,1-5H3/t22-/m1/s1. The van der Waals surface area contributed by atoms with Gasteiger partial charge in [-0.05, 0) is 65.2 Å². The number of likely N-dealkylation sites (tertiary alicyclic amines) is 1. The van der Waals surface area contributed by atoms with Crippen molar-refractivity contribution in [2.45, 2.75) is 72.4 Å². The Labute approximate surface area is 231 Å². The molecule has 3 heterocycles. The number of aromatic nitrogens is 2. The summed E-state index contributed by atoms with van der Waals surface area (Å²) in [6.45, 7) is 14.6. The van der Waals surface area contributed by atoms with Crippen LogP contribution in [0.3, 0.4) is 0 Å². The second-order valence-corrected chi connectivity index (χ2v) is 12.1. The molecule has 1 atom stereocenters. The third kappa shape index (κ3) is 5.33. The molecule has 7 nitrogen and oxygen atoms in total. The van der Waals surface area contributed by atoms with Crippen molar-refractivity contribution in [3.63, 3.8) is 0 Å². The normalized spacial score (nSPS) is 19.1. The molecule has 3 fully saturated rings. The van der Waals surface area contributed by atoms with E-state index >= 15 is 0 Å². The maximum absolute atomic E-state index is 10.1. The highest BCUT2D eigenvalue weighted by Crippen LogP contribution is 2.47. The predicted molar refractivity (Wildman–Crippen MR) is 155 cm³/mol. The fraction of sp³-hybridized carbons (Fsp3) is 0.567. The minimum absolute atomic E-state index is 0.225. The van der Waals surface area contributed by atoms with Crippen molar-refractivity contribution >= 4 is 28.7 Å². The topological polar surface area (TPSA) is 85.6 Å². The lowest BCUT2D eigenvalue weighted by Gasteiger charge is -2.61. The summed E-state index contributed by atoms with van der Waals surface area (Å²) in [5, 5.41) is 19.2. The van der Waals surface area contributed by atoms with Crippen LogP contribution in [0, 0.1) is 17.7 Å². The SMILES string of the molecule is CCC[C@@H](O)COc1ccc(Cl)c(-c2nc(C(C(C)=N)=C(C)C)c(C)c(N3CC4(C3)CN(C3CC3)C4)n2)c1. The average Bonchev–Trinajstić information content (AvgIpc) is 3.64. The quantitative estimate of drug-likeness (QED) is 0.375. The van der Waals surface area contributed by atoms with Crippen molar-refractivity contribution in [1.82, 2.24) is 14.9 Å². The molecule has 8 heteroatoms. The van der Waals surface area contributed by atoms with Crippen LogP contribution in [0.2, 0.25) is 5.02 Å². The predicted octanol–water partition coefficient (Wildman–Crippen LogP) is 5.76. The molecule has 1 aromatic heterocycles. The molecule has 3 aliphatic rings. The van der Waals surface area contributed by atoms with Crippen LogP contribution in [0.4, 0.5) is 5.82 Å². The Morgan fingerprint density at radius 2 is 1.89 bits per heavy atom. The lowest BCUT2D eigenvalue weighted by molar-refractivity contribution is -0.0278. The van der Waals surface area contributed by atoms with Crippen LogP contribution in [0.15, 0.2) is 23.8 Å². The molecule has 0 radical (unpaired) electrons. The van der Waals surface area contributed by atoms with Crippen LogP contribution in [0.1, 0.15) is 64.6 Å². The van der Waals surface area contributed by atoms with Crippen molar-refractivity contribution in [1.29, 1.82) is 5.41 Å². The number of rotatable bonds is 10. The number of benzene rings is 1. The summed E-state index contributed by atoms with van der Waals surface area (Å²) in [4.78, 5) is 15.1. The summed E-state index contributed by atoms with van der Waals surface area (Å²) in [7, 11) is 0. The molecule has 0 bridgehead atoms. The monoisotopic (exact) mass is 537 g/mol. The van der Waals surface area contributed by atoms with Crippen molar-refractivity contribution in [2.75, 3.05) is 37.7 Å². The highest BCUT2D eigenvalue weighted by Gasteiger charge is 2.55. The van der Waals surface area contributed by atoms with Gasteiger partial charge in [-0.25, -0.2) is 9.97 Å². The second-order valence-electron chi connectivity index (χ2n) is 11.7. The van der Waals surface area contributed by atoms with Crippen molar-refractivity contribution in [3.05, 3.63) is 40.1 Å². The number of hydrogen-bond acceptors (Lipinski definition) is 7. The van der Waals surface area contributed by atoms with Gasteiger partial charge in [0, 0.05) is 60.0 Å². The summed E-state index contributed by atoms with van der Waals surface area (Å²) >= 11 is 6.69. The molecule has 1 aliphatic carbocycles. The number of nitrogens with zero attached hydrogens (tertiary/aromatic N) is 4. The van der Waals surface area contributed by atoms with Crippen molar-refractivity contribution < 1.29 is 9.84 Å². The lowest BCUT2D eigenvalue weighted by atomic mass is 9.72. The highest BCUT2D eigenvalue weighted by molar-refractivity contribution is 6.33. The molecular formula is C30H40ClN5O2. The van der Waals surface area contributed by atoms with E-state index in [0.717, 1.165) is 53.8 Å². The molecule has 38 heavy (non-hydrogen) atoms. The van der Waals surface area contributed by atoms with Gasteiger partial charge in [-0.2, -0.15) is 0 Å². The number of anilines is 1. The fourth-order valence-electron chi connectivity index (χ4n) is 5.97. The number of ether oxygens (including phenoxy) is 1. The van der Waals surface area contributed by atoms with Gasteiger partial charge in [-0.3, -0.25) is 4.90 Å². The molecule has 2 saturated heterocycles. The van der Waals surface area contributed by atoms with Gasteiger partial charge >= 0.3 is 0 Å². The van der Waals surface area contributed by atoms with E-state index in [1.54, 1.807) is 6.07 Å². The van der Waals surface area contributed by atoms with E-state index in [4.69, 9.17) is 31.7 Å². The Hall–Kier alpha value is -2.48. The number of halogens is 1. The molecule has 5 rings (SSSR count). The van der Waals surface area contributed by atoms with E-state index in [2.05, 4.69) is 16.7 Å². The minimum atomic E-state index is -0.509. The van der Waals surface area contributed by atoms with Gasteiger partial charge in [0.25, 0.3) is 0 Å². The molecule has 204 valence electrons. The molecule has 0 amide bonds. The molecule has 1 saturated carbocycles. The van der Waals surface area contributed by atoms with Gasteiger partial charge in [0.1, 0.15) is 18.2 Å². The first-order valence-electron chi connectivity index (χ1n) is 13.8. The first-order valence-corrected chi connectivity index (χ1v) is 14.2. The second kappa shape index (κ2) is 10.6. The van der Waals surface area contributed by atoms with Gasteiger partial charge < -0.3 is 20.2 Å². The fourth-order valence-corrected chi connectivity index (χ4v) is 6.17. The number of aliphatic hydroxyl groups excluding tert-OH is 1. The Morgan fingerprint density at radius 1 is 1.18 bits per heavy atom. The van der Waals surface area contributed by atoms with Crippen LogP contribution < -0.4 is 9.64 Å². The zero-order valence-electron chi connectivity index (χ0n) is 23.3. The molecule has 2 aliphatic heterocycles. The van der Waals surface area contributed by atoms with E-state index in [-0.39, 0.29) is 6.61 Å². The summed E-state index contributed by atoms with van der Waals surface area (Å²) in [6, 6.07) is 6.29. The third-order valence-electron chi connectivity index (χ3n) is 7.97. The van der Waals surface area contributed by atoms with Gasteiger partial charge in [0.15, 0.2) is 5.82 Å². The number of nitrogens with one attached hydrogen (secondary N) is 1. The van der Waals surface area contributed by atoms with E-state index in [1.165, 1.54) is 25.9 Å². The van der Waals surface area contributed by atoms with Crippen molar-refractivity contribution in [3.8, 4) is 17.1 Å². The molecule has 2 aromatic rings. The maximum Gasteiger partial charge on any atom is 0.163 e. The highest BCUT2D eigenvalue weighted by atomic mass is 35.5. The molecule has 2 N–H and O–H groups in total. The summed E-state index contributed by atoms with van der Waals surface area (Å²) in [5.41, 5.74) is 5.22. The van der Waals surface area contributed by atoms with Crippen molar-refractivity contribution in [2.24, 2.45) is 5.41 Å². The van der Waals surface area contributed by atoms with Gasteiger partial charge in [-0.1, -0.05) is 30.5 Å². The number of hydrogen-bond donors (Lipinski definition) is 2. The van der Waals surface area contributed by atoms with Crippen LogP contribution >= 0.6 is 11.6 Å². The first-order chi connectivity index (χ1) is 18.1. The van der Waals surface area contributed by atoms with Crippen LogP contribution in [-0.4, -0.2) is 70.6 Å². The molecule has 0 unspecified atom stereocenters. The Balaban J connectivity index is 1.49. The Bertz CT molecular complexity index is 1250. The summed E-state index contributed by atoms with van der Waals surface area (Å²) in [5.74, 6) is 2.07. The van der Waals surface area contributed by atoms with Gasteiger partial charge in [0.05, 0.1) is 16.8 Å². The minimum Gasteiger partial charge on any atom is -0.491 e. The third-order valence-corrected chi connectivity index (χ3v) is 8.30. The maximum atomic E-state index is 10.1. The average molecular weight is 538 g/mol. The van der Waals surface area contributed by atoms with E-state index in [0.29, 0.717) is 39.7 Å². The van der Waals surface area contributed by atoms with E-state index in [9.17, 15) is 5.11 Å². The number of aliphatic hydroxyl groups is 1. The molecule has 1 aromatic carbocycles. The smallest absolute Gasteiger partial charge is 0.163 e. The zero-order valence-corrected chi connectivity index (χ0v) is 24.0. The van der Waals surface area contributed by atoms with E-state index < -0.39 is 6.10 Å². The first kappa shape index (κ1) is 27.1. The van der Waals surface area contributed by atoms with Gasteiger partial charge in [-0.15, -0.1) is 0 Å². The molecule has 1 spiro atoms. The van der Waals surface area contributed by atoms with Gasteiger partial charge in [0.2, 0.25) is 0 Å². The Morgan fingerprint density at radius 3 is 2.50 bits per heavy atom. The Kier molecular flexibility index (Phi) is 7.55. The van der Waals surface area contributed by atoms with Crippen LogP contribution in [0.5, 0.6) is 5.75 Å². The van der Waals surface area contributed by atoms with E-state index in [1.807, 2.05) is 39.8 Å². The largest absolute Gasteiger partial charge is 0.491 e.